The van der Waals surface area contributed by atoms with Crippen molar-refractivity contribution in [2.75, 3.05) is 34.4 Å². The second-order valence-corrected chi connectivity index (χ2v) is 8.71. The van der Waals surface area contributed by atoms with Crippen LogP contribution in [0.4, 0.5) is 0 Å². The van der Waals surface area contributed by atoms with Gasteiger partial charge in [0.05, 0.1) is 26.7 Å². The molecule has 0 saturated carbocycles. The van der Waals surface area contributed by atoms with E-state index < -0.39 is 6.04 Å². The molecule has 156 valence electrons. The molecule has 6 heteroatoms. The number of hydrogen-bond acceptors (Lipinski definition) is 3. The Morgan fingerprint density at radius 2 is 1.87 bits per heavy atom. The Bertz CT molecular complexity index is 984. The molecule has 0 aromatic heterocycles. The number of piperazine rings is 2. The first-order valence-electron chi connectivity index (χ1n) is 10.4. The largest absolute Gasteiger partial charge is 0.337 e. The molecule has 2 aromatic rings. The fourth-order valence-corrected chi connectivity index (χ4v) is 4.28. The minimum absolute atomic E-state index is 0.0426. The standard InChI is InChI=1S/C24H28N4O2/c1-25-16-28(2,3)13-12-18-10-7-11-19(14-18)22-21-24(30)27(22)20(23(29)26-21)15-17-8-5-4-6-9-17/h4-11,14-15,21-22,25H,12-13,16H2,1-3H3/p+1. The highest BCUT2D eigenvalue weighted by Crippen LogP contribution is 2.42. The smallest absolute Gasteiger partial charge is 0.268 e. The molecule has 0 spiro atoms. The molecule has 4 rings (SSSR count). The Kier molecular flexibility index (Phi) is 5.45. The van der Waals surface area contributed by atoms with Crippen LogP contribution in [0.1, 0.15) is 22.7 Å². The minimum Gasteiger partial charge on any atom is -0.337 e. The quantitative estimate of drug-likeness (QED) is 0.320. The predicted octanol–water partition coefficient (Wildman–Crippen LogP) is 1.91. The van der Waals surface area contributed by atoms with Crippen molar-refractivity contribution in [3.8, 4) is 0 Å². The summed E-state index contributed by atoms with van der Waals surface area (Å²) in [6, 6.07) is 17.4. The van der Waals surface area contributed by atoms with Crippen molar-refractivity contribution in [3.63, 3.8) is 0 Å². The van der Waals surface area contributed by atoms with Gasteiger partial charge >= 0.3 is 0 Å². The van der Waals surface area contributed by atoms with Crippen molar-refractivity contribution in [1.29, 1.82) is 0 Å². The van der Waals surface area contributed by atoms with E-state index in [1.807, 2.05) is 49.5 Å². The van der Waals surface area contributed by atoms with Gasteiger partial charge in [-0.05, 0) is 29.8 Å². The van der Waals surface area contributed by atoms with Crippen LogP contribution in [-0.4, -0.2) is 61.6 Å². The SMILES string of the molecule is CNC[N+](C)(C)CCc1cccc(C2C3NC(=O)C(=Cc4ccccc4)N2C3=O)c1. The van der Waals surface area contributed by atoms with Crippen LogP contribution in [0, 0.1) is 0 Å². The number of rotatable bonds is 7. The topological polar surface area (TPSA) is 61.4 Å². The monoisotopic (exact) mass is 405 g/mol. The first kappa shape index (κ1) is 20.3. The molecular weight excluding hydrogens is 376 g/mol. The molecule has 6 nitrogen and oxygen atoms in total. The van der Waals surface area contributed by atoms with Crippen molar-refractivity contribution in [2.24, 2.45) is 0 Å². The van der Waals surface area contributed by atoms with Crippen LogP contribution in [0.25, 0.3) is 6.08 Å². The second-order valence-electron chi connectivity index (χ2n) is 8.71. The van der Waals surface area contributed by atoms with Gasteiger partial charge in [0.2, 0.25) is 0 Å². The zero-order valence-electron chi connectivity index (χ0n) is 17.8. The van der Waals surface area contributed by atoms with Crippen LogP contribution in [0.5, 0.6) is 0 Å². The number of hydrogen-bond donors (Lipinski definition) is 2. The molecule has 2 bridgehead atoms. The molecule has 2 unspecified atom stereocenters. The molecule has 0 aliphatic carbocycles. The lowest BCUT2D eigenvalue weighted by Crippen LogP contribution is -2.71. The van der Waals surface area contributed by atoms with Crippen molar-refractivity contribution in [2.45, 2.75) is 18.5 Å². The fraction of sp³-hybridized carbons (Fsp3) is 0.333. The number of quaternary nitrogens is 1. The van der Waals surface area contributed by atoms with E-state index in [9.17, 15) is 9.59 Å². The Morgan fingerprint density at radius 3 is 2.60 bits per heavy atom. The summed E-state index contributed by atoms with van der Waals surface area (Å²) < 4.78 is 0.886. The van der Waals surface area contributed by atoms with E-state index in [2.05, 4.69) is 36.9 Å². The first-order chi connectivity index (χ1) is 14.4. The zero-order chi connectivity index (χ0) is 21.3. The fourth-order valence-electron chi connectivity index (χ4n) is 4.28. The number of likely N-dealkylation sites (N-methyl/N-ethyl adjacent to an activating group) is 1. The summed E-state index contributed by atoms with van der Waals surface area (Å²) in [5.41, 5.74) is 3.62. The maximum atomic E-state index is 12.6. The van der Waals surface area contributed by atoms with E-state index in [1.165, 1.54) is 5.56 Å². The molecule has 2 fully saturated rings. The van der Waals surface area contributed by atoms with Gasteiger partial charge in [-0.2, -0.15) is 0 Å². The van der Waals surface area contributed by atoms with E-state index in [1.54, 1.807) is 11.0 Å². The molecule has 2 amide bonds. The summed E-state index contributed by atoms with van der Waals surface area (Å²) in [6.45, 7) is 1.92. The number of carbonyl (C=O) groups is 2. The van der Waals surface area contributed by atoms with E-state index >= 15 is 0 Å². The molecule has 0 radical (unpaired) electrons. The Morgan fingerprint density at radius 1 is 1.10 bits per heavy atom. The third-order valence-corrected chi connectivity index (χ3v) is 5.86. The van der Waals surface area contributed by atoms with Gasteiger partial charge in [-0.15, -0.1) is 0 Å². The molecule has 2 N–H and O–H groups in total. The zero-order valence-corrected chi connectivity index (χ0v) is 17.8. The Hall–Kier alpha value is -2.96. The van der Waals surface area contributed by atoms with Gasteiger partial charge in [-0.25, -0.2) is 0 Å². The summed E-state index contributed by atoms with van der Waals surface area (Å²) in [5.74, 6) is -0.235. The summed E-state index contributed by atoms with van der Waals surface area (Å²) in [7, 11) is 6.38. The summed E-state index contributed by atoms with van der Waals surface area (Å²) in [5, 5.41) is 6.13. The van der Waals surface area contributed by atoms with Crippen molar-refractivity contribution in [3.05, 3.63) is 77.0 Å². The van der Waals surface area contributed by atoms with Gasteiger partial charge in [-0.3, -0.25) is 19.8 Å². The molecule has 2 atom stereocenters. The molecule has 2 saturated heterocycles. The van der Waals surface area contributed by atoms with E-state index in [4.69, 9.17) is 0 Å². The van der Waals surface area contributed by atoms with Gasteiger partial charge in [-0.1, -0.05) is 54.6 Å². The third kappa shape index (κ3) is 3.88. The average Bonchev–Trinajstić information content (AvgIpc) is 2.73. The van der Waals surface area contributed by atoms with Crippen molar-refractivity contribution in [1.82, 2.24) is 15.5 Å². The average molecular weight is 406 g/mol. The maximum Gasteiger partial charge on any atom is 0.268 e. The summed E-state index contributed by atoms with van der Waals surface area (Å²) in [6.07, 6.45) is 2.74. The Balaban J connectivity index is 1.57. The summed E-state index contributed by atoms with van der Waals surface area (Å²) >= 11 is 0. The lowest BCUT2D eigenvalue weighted by Gasteiger charge is -2.52. The first-order valence-corrected chi connectivity index (χ1v) is 10.4. The predicted molar refractivity (Wildman–Crippen MR) is 117 cm³/mol. The second kappa shape index (κ2) is 8.05. The highest BCUT2D eigenvalue weighted by Gasteiger charge is 2.55. The third-order valence-electron chi connectivity index (χ3n) is 5.86. The number of carbonyl (C=O) groups excluding carboxylic acids is 2. The van der Waals surface area contributed by atoms with Crippen LogP contribution in [0.3, 0.4) is 0 Å². The van der Waals surface area contributed by atoms with Crippen LogP contribution in [0.15, 0.2) is 60.3 Å². The molecule has 2 aromatic carbocycles. The van der Waals surface area contributed by atoms with E-state index in [0.29, 0.717) is 5.70 Å². The van der Waals surface area contributed by atoms with Crippen LogP contribution in [0.2, 0.25) is 0 Å². The van der Waals surface area contributed by atoms with Gasteiger partial charge in [0.15, 0.2) is 0 Å². The minimum atomic E-state index is -0.475. The maximum absolute atomic E-state index is 12.6. The summed E-state index contributed by atoms with van der Waals surface area (Å²) in [4.78, 5) is 26.8. The molecule has 30 heavy (non-hydrogen) atoms. The van der Waals surface area contributed by atoms with Gasteiger partial charge in [0, 0.05) is 6.42 Å². The van der Waals surface area contributed by atoms with Crippen molar-refractivity contribution >= 4 is 17.9 Å². The molecule has 2 aliphatic rings. The van der Waals surface area contributed by atoms with Crippen molar-refractivity contribution < 1.29 is 14.1 Å². The lowest BCUT2D eigenvalue weighted by molar-refractivity contribution is -0.892. The highest BCUT2D eigenvalue weighted by atomic mass is 16.2. The molecule has 2 aliphatic heterocycles. The molecule has 2 heterocycles. The molecular formula is C24H29N4O2+. The number of amides is 2. The number of nitrogens with zero attached hydrogens (tertiary/aromatic N) is 2. The van der Waals surface area contributed by atoms with Gasteiger partial charge in [0.25, 0.3) is 11.8 Å². The van der Waals surface area contributed by atoms with E-state index in [0.717, 1.165) is 35.2 Å². The van der Waals surface area contributed by atoms with Gasteiger partial charge < -0.3 is 9.80 Å². The highest BCUT2D eigenvalue weighted by molar-refractivity contribution is 6.11. The van der Waals surface area contributed by atoms with Crippen LogP contribution < -0.4 is 10.6 Å². The number of benzene rings is 2. The number of fused-ring (bicyclic) bond motifs is 2. The number of nitrogens with one attached hydrogen (secondary N) is 2. The van der Waals surface area contributed by atoms with Crippen LogP contribution >= 0.6 is 0 Å². The Labute approximate surface area is 177 Å². The normalized spacial score (nSPS) is 22.1. The van der Waals surface area contributed by atoms with Gasteiger partial charge in [0.1, 0.15) is 18.4 Å². The lowest BCUT2D eigenvalue weighted by atomic mass is 9.83. The number of β-lactam (4-membered cyclic amide) rings is 1. The van der Waals surface area contributed by atoms with E-state index in [-0.39, 0.29) is 17.9 Å². The van der Waals surface area contributed by atoms with Crippen LogP contribution in [-0.2, 0) is 16.0 Å².